The Kier molecular flexibility index (Phi) is 6.20. The van der Waals surface area contributed by atoms with Crippen molar-refractivity contribution in [1.82, 2.24) is 30.0 Å². The molecule has 0 aliphatic heterocycles. The summed E-state index contributed by atoms with van der Waals surface area (Å²) >= 11 is 0. The molecule has 0 radical (unpaired) electrons. The molecule has 1 amide bonds. The van der Waals surface area contributed by atoms with E-state index in [1.165, 1.54) is 0 Å². The maximum atomic E-state index is 12.9. The quantitative estimate of drug-likeness (QED) is 0.398. The van der Waals surface area contributed by atoms with Crippen LogP contribution < -0.4 is 16.4 Å². The molecule has 0 unspecified atom stereocenters. The molecule has 3 aromatic heterocycles. The van der Waals surface area contributed by atoms with Crippen LogP contribution in [-0.2, 0) is 12.7 Å². The summed E-state index contributed by atoms with van der Waals surface area (Å²) in [5.74, 6) is 0.651. The highest BCUT2D eigenvalue weighted by Gasteiger charge is 2.30. The first-order valence-electron chi connectivity index (χ1n) is 10.4. The molecule has 0 saturated carbocycles. The minimum absolute atomic E-state index is 0.0439. The zero-order valence-corrected chi connectivity index (χ0v) is 18.4. The number of rotatable bonds is 6. The number of halogens is 3. The van der Waals surface area contributed by atoms with Gasteiger partial charge in [-0.2, -0.15) is 13.2 Å². The van der Waals surface area contributed by atoms with Crippen LogP contribution in [0.5, 0.6) is 0 Å². The molecule has 3 heterocycles. The first kappa shape index (κ1) is 23.2. The van der Waals surface area contributed by atoms with E-state index in [0.717, 1.165) is 29.7 Å². The standard InChI is InChI=1S/C23H22F3N7O/c1-13(28-2)21-32-18(19-20(27)30-9-10-33(19)21)14-3-5-15(6-4-14)22(34)31-12-17-11-16(7-8-29-17)23(24,25)26/h3-11,13,28H,12H2,1-2H3,(H2,27,30)(H,31,34)/t13-/m0/s1. The molecule has 34 heavy (non-hydrogen) atoms. The number of hydrogen-bond donors (Lipinski definition) is 3. The number of carbonyl (C=O) groups excluding carboxylic acids is 1. The Morgan fingerprint density at radius 2 is 1.88 bits per heavy atom. The van der Waals surface area contributed by atoms with E-state index in [2.05, 4.69) is 20.6 Å². The number of carbonyl (C=O) groups is 1. The lowest BCUT2D eigenvalue weighted by molar-refractivity contribution is -0.137. The molecule has 0 fully saturated rings. The zero-order chi connectivity index (χ0) is 24.5. The van der Waals surface area contributed by atoms with Crippen LogP contribution in [0.15, 0.2) is 55.0 Å². The van der Waals surface area contributed by atoms with E-state index in [1.807, 2.05) is 18.4 Å². The maximum Gasteiger partial charge on any atom is 0.416 e. The van der Waals surface area contributed by atoms with Crippen LogP contribution in [0, 0.1) is 0 Å². The third-order valence-electron chi connectivity index (χ3n) is 5.43. The fraction of sp³-hybridized carbons (Fsp3) is 0.217. The van der Waals surface area contributed by atoms with Gasteiger partial charge in [-0.25, -0.2) is 9.97 Å². The largest absolute Gasteiger partial charge is 0.416 e. The average molecular weight is 469 g/mol. The number of anilines is 1. The number of nitrogens with zero attached hydrogens (tertiary/aromatic N) is 4. The topological polar surface area (TPSA) is 110 Å². The number of amides is 1. The van der Waals surface area contributed by atoms with Crippen LogP contribution in [0.1, 0.15) is 40.4 Å². The molecule has 4 aromatic rings. The van der Waals surface area contributed by atoms with Crippen LogP contribution in [0.4, 0.5) is 19.0 Å². The molecule has 4 rings (SSSR count). The van der Waals surface area contributed by atoms with Gasteiger partial charge in [-0.1, -0.05) is 12.1 Å². The van der Waals surface area contributed by atoms with E-state index >= 15 is 0 Å². The predicted molar refractivity (Wildman–Crippen MR) is 121 cm³/mol. The van der Waals surface area contributed by atoms with E-state index < -0.39 is 17.6 Å². The van der Waals surface area contributed by atoms with Gasteiger partial charge in [-0.3, -0.25) is 14.2 Å². The number of benzene rings is 1. The van der Waals surface area contributed by atoms with E-state index in [9.17, 15) is 18.0 Å². The summed E-state index contributed by atoms with van der Waals surface area (Å²) in [6.45, 7) is 1.84. The highest BCUT2D eigenvalue weighted by Crippen LogP contribution is 2.30. The number of nitrogen functional groups attached to an aromatic ring is 1. The first-order chi connectivity index (χ1) is 16.2. The molecule has 0 aliphatic rings. The van der Waals surface area contributed by atoms with Gasteiger partial charge >= 0.3 is 6.18 Å². The number of alkyl halides is 3. The van der Waals surface area contributed by atoms with Gasteiger partial charge in [0.1, 0.15) is 22.9 Å². The van der Waals surface area contributed by atoms with Crippen LogP contribution in [-0.4, -0.2) is 32.3 Å². The molecular weight excluding hydrogens is 447 g/mol. The van der Waals surface area contributed by atoms with Crippen LogP contribution >= 0.6 is 0 Å². The first-order valence-corrected chi connectivity index (χ1v) is 10.4. The molecule has 176 valence electrons. The number of fused-ring (bicyclic) bond motifs is 1. The third-order valence-corrected chi connectivity index (χ3v) is 5.43. The second kappa shape index (κ2) is 9.10. The van der Waals surface area contributed by atoms with Gasteiger partial charge in [-0.05, 0) is 38.2 Å². The number of nitrogens with two attached hydrogens (primary N) is 1. The molecular formula is C23H22F3N7O. The van der Waals surface area contributed by atoms with Gasteiger partial charge in [0, 0.05) is 29.7 Å². The fourth-order valence-corrected chi connectivity index (χ4v) is 3.53. The highest BCUT2D eigenvalue weighted by atomic mass is 19.4. The number of imidazole rings is 1. The van der Waals surface area contributed by atoms with Gasteiger partial charge < -0.3 is 16.4 Å². The summed E-state index contributed by atoms with van der Waals surface area (Å²) < 4.78 is 40.5. The van der Waals surface area contributed by atoms with Crippen LogP contribution in [0.25, 0.3) is 16.8 Å². The van der Waals surface area contributed by atoms with Crippen molar-refractivity contribution in [2.75, 3.05) is 12.8 Å². The predicted octanol–water partition coefficient (Wildman–Crippen LogP) is 3.60. The smallest absolute Gasteiger partial charge is 0.382 e. The van der Waals surface area contributed by atoms with Crippen molar-refractivity contribution in [1.29, 1.82) is 0 Å². The Morgan fingerprint density at radius 1 is 1.15 bits per heavy atom. The van der Waals surface area contributed by atoms with Crippen molar-refractivity contribution >= 4 is 17.2 Å². The van der Waals surface area contributed by atoms with Crippen molar-refractivity contribution in [2.24, 2.45) is 0 Å². The Morgan fingerprint density at radius 3 is 2.56 bits per heavy atom. The molecule has 1 aromatic carbocycles. The number of aromatic nitrogens is 4. The summed E-state index contributed by atoms with van der Waals surface area (Å²) in [4.78, 5) is 25.3. The Bertz CT molecular complexity index is 1330. The molecule has 1 atom stereocenters. The minimum atomic E-state index is -4.47. The molecule has 4 N–H and O–H groups in total. The molecule has 11 heteroatoms. The van der Waals surface area contributed by atoms with Crippen molar-refractivity contribution in [3.05, 3.63) is 77.6 Å². The molecule has 0 spiro atoms. The lowest BCUT2D eigenvalue weighted by atomic mass is 10.1. The number of pyridine rings is 1. The summed E-state index contributed by atoms with van der Waals surface area (Å²) in [5, 5.41) is 5.75. The molecule has 0 bridgehead atoms. The summed E-state index contributed by atoms with van der Waals surface area (Å²) in [7, 11) is 1.83. The van der Waals surface area contributed by atoms with Crippen molar-refractivity contribution in [3.8, 4) is 11.3 Å². The Balaban J connectivity index is 1.55. The van der Waals surface area contributed by atoms with Gasteiger partial charge in [0.2, 0.25) is 0 Å². The van der Waals surface area contributed by atoms with Crippen molar-refractivity contribution in [3.63, 3.8) is 0 Å². The lowest BCUT2D eigenvalue weighted by Crippen LogP contribution is -2.23. The van der Waals surface area contributed by atoms with Crippen LogP contribution in [0.3, 0.4) is 0 Å². The minimum Gasteiger partial charge on any atom is -0.382 e. The zero-order valence-electron chi connectivity index (χ0n) is 18.4. The van der Waals surface area contributed by atoms with Crippen molar-refractivity contribution in [2.45, 2.75) is 25.7 Å². The van der Waals surface area contributed by atoms with Crippen molar-refractivity contribution < 1.29 is 18.0 Å². The SMILES string of the molecule is CN[C@@H](C)c1nc(-c2ccc(C(=O)NCc3cc(C(F)(F)F)ccn3)cc2)c2c(N)nccn12. The second-order valence-corrected chi connectivity index (χ2v) is 7.65. The van der Waals surface area contributed by atoms with Gasteiger partial charge in [0.25, 0.3) is 5.91 Å². The average Bonchev–Trinajstić information content (AvgIpc) is 3.23. The number of nitrogens with one attached hydrogen (secondary N) is 2. The van der Waals surface area contributed by atoms with Gasteiger partial charge in [-0.15, -0.1) is 0 Å². The summed E-state index contributed by atoms with van der Waals surface area (Å²) in [6, 6.07) is 8.45. The Hall–Kier alpha value is -3.99. The maximum absolute atomic E-state index is 12.9. The Labute approximate surface area is 193 Å². The normalized spacial score (nSPS) is 12.6. The van der Waals surface area contributed by atoms with Gasteiger partial charge in [0.15, 0.2) is 0 Å². The molecule has 8 nitrogen and oxygen atoms in total. The van der Waals surface area contributed by atoms with Gasteiger partial charge in [0.05, 0.1) is 23.8 Å². The van der Waals surface area contributed by atoms with E-state index in [-0.39, 0.29) is 18.3 Å². The lowest BCUT2D eigenvalue weighted by Gasteiger charge is -2.09. The molecule has 0 saturated heterocycles. The number of hydrogen-bond acceptors (Lipinski definition) is 6. The second-order valence-electron chi connectivity index (χ2n) is 7.65. The van der Waals surface area contributed by atoms with E-state index in [0.29, 0.717) is 22.6 Å². The fourth-order valence-electron chi connectivity index (χ4n) is 3.53. The van der Waals surface area contributed by atoms with Crippen LogP contribution in [0.2, 0.25) is 0 Å². The highest BCUT2D eigenvalue weighted by molar-refractivity contribution is 5.95. The van der Waals surface area contributed by atoms with E-state index in [1.54, 1.807) is 36.7 Å². The monoisotopic (exact) mass is 469 g/mol. The summed E-state index contributed by atoms with van der Waals surface area (Å²) in [5.41, 5.74) is 7.79. The summed E-state index contributed by atoms with van der Waals surface area (Å²) in [6.07, 6.45) is -0.0159. The van der Waals surface area contributed by atoms with E-state index in [4.69, 9.17) is 10.7 Å². The molecule has 0 aliphatic carbocycles. The third kappa shape index (κ3) is 4.55.